The Balaban J connectivity index is 1.93. The maximum absolute atomic E-state index is 12.4. The largest absolute Gasteiger partial charge is 0.375 e. The third kappa shape index (κ3) is 3.12. The van der Waals surface area contributed by atoms with Gasteiger partial charge in [-0.05, 0) is 62.2 Å². The molecule has 0 bridgehead atoms. The average Bonchev–Trinajstić information content (AvgIpc) is 2.81. The van der Waals surface area contributed by atoms with Crippen LogP contribution in [0.3, 0.4) is 0 Å². The van der Waals surface area contributed by atoms with Crippen LogP contribution in [0.25, 0.3) is 10.2 Å². The Hall–Kier alpha value is -1.15. The van der Waals surface area contributed by atoms with E-state index >= 15 is 0 Å². The van der Waals surface area contributed by atoms with Crippen LogP contribution < -0.4 is 11.1 Å². The fraction of sp³-hybridized carbons (Fsp3) is 0. The second-order valence-electron chi connectivity index (χ2n) is 4.43. The molecule has 0 aliphatic rings. The Labute approximate surface area is 151 Å². The van der Waals surface area contributed by atoms with Crippen LogP contribution in [0.2, 0.25) is 5.02 Å². The summed E-state index contributed by atoms with van der Waals surface area (Å²) in [6.45, 7) is 0. The first-order valence-corrected chi connectivity index (χ1v) is 8.84. The van der Waals surface area contributed by atoms with E-state index in [1.165, 1.54) is 11.3 Å². The molecule has 1 aromatic heterocycles. The zero-order chi connectivity index (χ0) is 15.9. The number of rotatable bonds is 2. The maximum atomic E-state index is 12.4. The molecule has 0 aliphatic carbocycles. The smallest absolute Gasteiger partial charge is 0.255 e. The minimum atomic E-state index is -0.224. The molecule has 1 heterocycles. The summed E-state index contributed by atoms with van der Waals surface area (Å²) in [6, 6.07) is 8.71. The lowest BCUT2D eigenvalue weighted by atomic mass is 10.2. The molecule has 0 saturated carbocycles. The Bertz CT molecular complexity index is 874. The van der Waals surface area contributed by atoms with Gasteiger partial charge in [0.1, 0.15) is 0 Å². The number of benzene rings is 2. The van der Waals surface area contributed by atoms with E-state index in [4.69, 9.17) is 17.3 Å². The van der Waals surface area contributed by atoms with Crippen LogP contribution in [0.4, 0.5) is 10.8 Å². The first-order valence-electron chi connectivity index (χ1n) is 6.06. The number of carbonyl (C=O) groups is 1. The molecule has 0 radical (unpaired) electrons. The molecule has 0 unspecified atom stereocenters. The summed E-state index contributed by atoms with van der Waals surface area (Å²) in [6.07, 6.45) is 0. The van der Waals surface area contributed by atoms with Gasteiger partial charge in [0.15, 0.2) is 5.13 Å². The van der Waals surface area contributed by atoms with E-state index in [2.05, 4.69) is 42.2 Å². The van der Waals surface area contributed by atoms with Crippen LogP contribution in [0.1, 0.15) is 10.4 Å². The summed E-state index contributed by atoms with van der Waals surface area (Å²) >= 11 is 14.1. The summed E-state index contributed by atoms with van der Waals surface area (Å²) in [7, 11) is 0. The molecule has 8 heteroatoms. The minimum Gasteiger partial charge on any atom is -0.375 e. The van der Waals surface area contributed by atoms with Crippen molar-refractivity contribution in [3.05, 3.63) is 49.9 Å². The lowest BCUT2D eigenvalue weighted by Crippen LogP contribution is -2.12. The van der Waals surface area contributed by atoms with Crippen LogP contribution in [0, 0.1) is 0 Å². The molecule has 2 aromatic carbocycles. The van der Waals surface area contributed by atoms with Crippen molar-refractivity contribution in [2.24, 2.45) is 0 Å². The van der Waals surface area contributed by atoms with Crippen molar-refractivity contribution < 1.29 is 4.79 Å². The number of nitrogens with two attached hydrogens (primary N) is 1. The molecule has 0 fully saturated rings. The van der Waals surface area contributed by atoms with Gasteiger partial charge in [-0.1, -0.05) is 22.9 Å². The number of anilines is 2. The number of hydrogen-bond acceptors (Lipinski definition) is 4. The van der Waals surface area contributed by atoms with Crippen LogP contribution in [-0.4, -0.2) is 10.9 Å². The predicted octanol–water partition coefficient (Wildman–Crippen LogP) is 5.31. The monoisotopic (exact) mass is 459 g/mol. The van der Waals surface area contributed by atoms with Crippen LogP contribution >= 0.6 is 54.8 Å². The number of carbonyl (C=O) groups excluding carboxylic acids is 1. The van der Waals surface area contributed by atoms with Gasteiger partial charge in [0.2, 0.25) is 0 Å². The van der Waals surface area contributed by atoms with Crippen LogP contribution in [-0.2, 0) is 0 Å². The molecule has 0 aliphatic heterocycles. The Morgan fingerprint density at radius 3 is 2.59 bits per heavy atom. The third-order valence-electron chi connectivity index (χ3n) is 2.91. The van der Waals surface area contributed by atoms with Crippen molar-refractivity contribution >= 4 is 81.7 Å². The Morgan fingerprint density at radius 1 is 1.23 bits per heavy atom. The fourth-order valence-corrected chi connectivity index (χ4v) is 4.57. The zero-order valence-electron chi connectivity index (χ0n) is 10.9. The number of thiazole rings is 1. The maximum Gasteiger partial charge on any atom is 0.255 e. The van der Waals surface area contributed by atoms with Gasteiger partial charge in [-0.25, -0.2) is 4.98 Å². The minimum absolute atomic E-state index is 0.224. The van der Waals surface area contributed by atoms with Gasteiger partial charge in [-0.15, -0.1) is 0 Å². The molecule has 1 amide bonds. The standard InChI is InChI=1S/C14H8Br2ClN3OS/c15-8-4-7(17)5-9(16)12(8)20-13(21)6-1-2-10-11(3-6)22-14(18)19-10/h1-5H,(H2,18,19)(H,20,21). The molecule has 4 nitrogen and oxygen atoms in total. The quantitative estimate of drug-likeness (QED) is 0.544. The van der Waals surface area contributed by atoms with Gasteiger partial charge in [0, 0.05) is 19.5 Å². The van der Waals surface area contributed by atoms with Crippen molar-refractivity contribution in [1.82, 2.24) is 4.98 Å². The Morgan fingerprint density at radius 2 is 1.91 bits per heavy atom. The van der Waals surface area contributed by atoms with Gasteiger partial charge in [-0.3, -0.25) is 4.79 Å². The lowest BCUT2D eigenvalue weighted by molar-refractivity contribution is 0.102. The number of nitrogens with zero attached hydrogens (tertiary/aromatic N) is 1. The number of amides is 1. The first kappa shape index (κ1) is 15.7. The molecule has 112 valence electrons. The molecular weight excluding hydrogens is 454 g/mol. The number of fused-ring (bicyclic) bond motifs is 1. The molecule has 0 spiro atoms. The highest BCUT2D eigenvalue weighted by Gasteiger charge is 2.13. The van der Waals surface area contributed by atoms with Gasteiger partial charge < -0.3 is 11.1 Å². The lowest BCUT2D eigenvalue weighted by Gasteiger charge is -2.10. The summed E-state index contributed by atoms with van der Waals surface area (Å²) in [5.74, 6) is -0.224. The van der Waals surface area contributed by atoms with E-state index in [1.54, 1.807) is 30.3 Å². The molecule has 0 atom stereocenters. The van der Waals surface area contributed by atoms with Gasteiger partial charge in [0.05, 0.1) is 15.9 Å². The van der Waals surface area contributed by atoms with Gasteiger partial charge in [-0.2, -0.15) is 0 Å². The second kappa shape index (κ2) is 6.16. The molecule has 22 heavy (non-hydrogen) atoms. The molecule has 3 N–H and O–H groups in total. The number of nitrogen functional groups attached to an aromatic ring is 1. The number of halogens is 3. The number of nitrogens with one attached hydrogen (secondary N) is 1. The van der Waals surface area contributed by atoms with E-state index in [1.807, 2.05) is 0 Å². The van der Waals surface area contributed by atoms with Crippen molar-refractivity contribution in [2.45, 2.75) is 0 Å². The van der Waals surface area contributed by atoms with Crippen molar-refractivity contribution in [2.75, 3.05) is 11.1 Å². The zero-order valence-corrected chi connectivity index (χ0v) is 15.6. The summed E-state index contributed by atoms with van der Waals surface area (Å²) in [5.41, 5.74) is 7.62. The van der Waals surface area contributed by atoms with E-state index in [9.17, 15) is 4.79 Å². The predicted molar refractivity (Wildman–Crippen MR) is 98.8 cm³/mol. The fourth-order valence-electron chi connectivity index (χ4n) is 1.93. The summed E-state index contributed by atoms with van der Waals surface area (Å²) in [4.78, 5) is 16.6. The highest BCUT2D eigenvalue weighted by atomic mass is 79.9. The third-order valence-corrected chi connectivity index (χ3v) is 5.23. The van der Waals surface area contributed by atoms with Gasteiger partial charge in [0.25, 0.3) is 5.91 Å². The normalized spacial score (nSPS) is 10.9. The number of hydrogen-bond donors (Lipinski definition) is 2. The highest BCUT2D eigenvalue weighted by Crippen LogP contribution is 2.34. The van der Waals surface area contributed by atoms with Crippen LogP contribution in [0.15, 0.2) is 39.3 Å². The summed E-state index contributed by atoms with van der Waals surface area (Å²) in [5, 5.41) is 3.91. The van der Waals surface area contributed by atoms with Crippen LogP contribution in [0.5, 0.6) is 0 Å². The van der Waals surface area contributed by atoms with E-state index in [-0.39, 0.29) is 5.91 Å². The molecule has 3 aromatic rings. The van der Waals surface area contributed by atoms with E-state index in [0.29, 0.717) is 30.4 Å². The number of aromatic nitrogens is 1. The Kier molecular flexibility index (Phi) is 4.40. The molecule has 0 saturated heterocycles. The average molecular weight is 462 g/mol. The topological polar surface area (TPSA) is 68.0 Å². The molecular formula is C14H8Br2ClN3OS. The van der Waals surface area contributed by atoms with E-state index < -0.39 is 0 Å². The van der Waals surface area contributed by atoms with E-state index in [0.717, 1.165) is 10.2 Å². The molecule has 3 rings (SSSR count). The van der Waals surface area contributed by atoms with Gasteiger partial charge >= 0.3 is 0 Å². The highest BCUT2D eigenvalue weighted by molar-refractivity contribution is 9.11. The summed E-state index contributed by atoms with van der Waals surface area (Å²) < 4.78 is 2.27. The van der Waals surface area contributed by atoms with Crippen molar-refractivity contribution in [1.29, 1.82) is 0 Å². The van der Waals surface area contributed by atoms with Crippen molar-refractivity contribution in [3.8, 4) is 0 Å². The second-order valence-corrected chi connectivity index (χ2v) is 7.64. The van der Waals surface area contributed by atoms with Crippen molar-refractivity contribution in [3.63, 3.8) is 0 Å². The SMILES string of the molecule is Nc1nc2ccc(C(=O)Nc3c(Br)cc(Cl)cc3Br)cc2s1. The first-order chi connectivity index (χ1) is 10.4.